The van der Waals surface area contributed by atoms with Crippen LogP contribution in [-0.4, -0.2) is 24.5 Å². The second kappa shape index (κ2) is 5.26. The number of ether oxygens (including phenoxy) is 1. The van der Waals surface area contributed by atoms with Crippen LogP contribution in [0.2, 0.25) is 0 Å². The lowest BCUT2D eigenvalue weighted by molar-refractivity contribution is -0.137. The van der Waals surface area contributed by atoms with Crippen molar-refractivity contribution in [1.82, 2.24) is 0 Å². The molecule has 0 spiro atoms. The number of aromatic hydroxyl groups is 1. The molecule has 0 saturated heterocycles. The summed E-state index contributed by atoms with van der Waals surface area (Å²) in [4.78, 5) is 11.6. The van der Waals surface area contributed by atoms with Gasteiger partial charge in [-0.1, -0.05) is 0 Å². The van der Waals surface area contributed by atoms with Crippen molar-refractivity contribution in [3.63, 3.8) is 0 Å². The average Bonchev–Trinajstić information content (AvgIpc) is 2.26. The summed E-state index contributed by atoms with van der Waals surface area (Å²) >= 11 is 0. The van der Waals surface area contributed by atoms with Crippen LogP contribution in [0.5, 0.6) is 11.5 Å². The number of phenolic OH excluding ortho intramolecular Hbond substituents is 1. The van der Waals surface area contributed by atoms with E-state index in [0.717, 1.165) is 7.11 Å². The van der Waals surface area contributed by atoms with Crippen LogP contribution in [0.25, 0.3) is 0 Å². The van der Waals surface area contributed by atoms with E-state index in [1.54, 1.807) is 0 Å². The number of alkyl halides is 3. The molecule has 0 aliphatic heterocycles. The molecule has 3 N–H and O–H groups in total. The molecule has 0 bridgehead atoms. The van der Waals surface area contributed by atoms with Gasteiger partial charge in [0.15, 0.2) is 5.78 Å². The molecule has 0 aliphatic carbocycles. The third-order valence-corrected chi connectivity index (χ3v) is 2.28. The van der Waals surface area contributed by atoms with E-state index < -0.39 is 23.3 Å². The van der Waals surface area contributed by atoms with E-state index in [9.17, 15) is 23.1 Å². The smallest absolute Gasteiger partial charge is 0.416 e. The Kier molecular flexibility index (Phi) is 4.18. The number of methoxy groups -OCH3 is 1. The summed E-state index contributed by atoms with van der Waals surface area (Å²) in [6.07, 6.45) is -4.71. The average molecular weight is 263 g/mol. The lowest BCUT2D eigenvalue weighted by atomic mass is 10.0. The topological polar surface area (TPSA) is 72.5 Å². The number of carbonyl (C=O) groups excluding carboxylic acids is 1. The van der Waals surface area contributed by atoms with Crippen molar-refractivity contribution in [3.05, 3.63) is 23.3 Å². The van der Waals surface area contributed by atoms with Gasteiger partial charge in [-0.2, -0.15) is 13.2 Å². The van der Waals surface area contributed by atoms with Gasteiger partial charge in [-0.05, 0) is 18.7 Å². The molecular weight excluding hydrogens is 251 g/mol. The van der Waals surface area contributed by atoms with Gasteiger partial charge in [0.05, 0.1) is 12.7 Å². The molecule has 7 heteroatoms. The number of phenols is 1. The summed E-state index contributed by atoms with van der Waals surface area (Å²) in [5.41, 5.74) is 3.82. The first kappa shape index (κ1) is 14.3. The molecule has 0 amide bonds. The van der Waals surface area contributed by atoms with Crippen LogP contribution in [0.4, 0.5) is 13.2 Å². The highest BCUT2D eigenvalue weighted by atomic mass is 19.4. The standard InChI is InChI=1S/C11H12F3NO3/c1-18-9-5-6(11(12,13)14)4-8(17)10(9)7(16)2-3-15/h4-5,17H,2-3,15H2,1H3. The fraction of sp³-hybridized carbons (Fsp3) is 0.364. The highest BCUT2D eigenvalue weighted by Gasteiger charge is 2.33. The maximum Gasteiger partial charge on any atom is 0.416 e. The Labute approximate surface area is 101 Å². The number of hydrogen-bond acceptors (Lipinski definition) is 4. The fourth-order valence-corrected chi connectivity index (χ4v) is 1.46. The Morgan fingerprint density at radius 3 is 2.50 bits per heavy atom. The summed E-state index contributed by atoms with van der Waals surface area (Å²) in [7, 11) is 1.12. The van der Waals surface area contributed by atoms with Crippen LogP contribution >= 0.6 is 0 Å². The largest absolute Gasteiger partial charge is 0.507 e. The van der Waals surface area contributed by atoms with E-state index in [1.165, 1.54) is 0 Å². The molecule has 0 aromatic heterocycles. The molecule has 0 unspecified atom stereocenters. The minimum Gasteiger partial charge on any atom is -0.507 e. The predicted octanol–water partition coefficient (Wildman–Crippen LogP) is 1.95. The third kappa shape index (κ3) is 2.92. The van der Waals surface area contributed by atoms with Gasteiger partial charge >= 0.3 is 6.18 Å². The number of halogens is 3. The Bertz CT molecular complexity index is 458. The third-order valence-electron chi connectivity index (χ3n) is 2.28. The maximum absolute atomic E-state index is 12.5. The highest BCUT2D eigenvalue weighted by molar-refractivity contribution is 6.01. The van der Waals surface area contributed by atoms with Crippen LogP contribution in [0, 0.1) is 0 Å². The minimum absolute atomic E-state index is 0.0302. The van der Waals surface area contributed by atoms with Crippen molar-refractivity contribution >= 4 is 5.78 Å². The zero-order valence-corrected chi connectivity index (χ0v) is 9.54. The molecule has 1 rings (SSSR count). The van der Waals surface area contributed by atoms with E-state index >= 15 is 0 Å². The Morgan fingerprint density at radius 2 is 2.06 bits per heavy atom. The van der Waals surface area contributed by atoms with Crippen molar-refractivity contribution in [2.75, 3.05) is 13.7 Å². The molecule has 0 aliphatic rings. The van der Waals surface area contributed by atoms with Gasteiger partial charge in [-0.25, -0.2) is 0 Å². The highest BCUT2D eigenvalue weighted by Crippen LogP contribution is 2.38. The first-order valence-corrected chi connectivity index (χ1v) is 5.02. The van der Waals surface area contributed by atoms with E-state index in [0.29, 0.717) is 12.1 Å². The van der Waals surface area contributed by atoms with Gasteiger partial charge < -0.3 is 15.6 Å². The number of Topliss-reactive ketones (excluding diaryl/α,β-unsaturated/α-hetero) is 1. The molecule has 100 valence electrons. The molecular formula is C11H12F3NO3. The monoisotopic (exact) mass is 263 g/mol. The van der Waals surface area contributed by atoms with Gasteiger partial charge in [0.1, 0.15) is 17.1 Å². The number of nitrogens with two attached hydrogens (primary N) is 1. The number of carbonyl (C=O) groups is 1. The second-order valence-electron chi connectivity index (χ2n) is 3.53. The number of ketones is 1. The lowest BCUT2D eigenvalue weighted by Gasteiger charge is -2.13. The Balaban J connectivity index is 3.33. The summed E-state index contributed by atoms with van der Waals surface area (Å²) in [6.45, 7) is 0.0302. The molecule has 1 aromatic rings. The molecule has 0 heterocycles. The van der Waals surface area contributed by atoms with Gasteiger partial charge in [-0.3, -0.25) is 4.79 Å². The Hall–Kier alpha value is -1.76. The first-order chi connectivity index (χ1) is 8.31. The van der Waals surface area contributed by atoms with Crippen LogP contribution in [0.3, 0.4) is 0 Å². The van der Waals surface area contributed by atoms with Crippen LogP contribution in [0.15, 0.2) is 12.1 Å². The zero-order valence-electron chi connectivity index (χ0n) is 9.54. The number of benzene rings is 1. The van der Waals surface area contributed by atoms with Crippen molar-refractivity contribution in [1.29, 1.82) is 0 Å². The van der Waals surface area contributed by atoms with E-state index in [2.05, 4.69) is 0 Å². The molecule has 18 heavy (non-hydrogen) atoms. The van der Waals surface area contributed by atoms with Crippen LogP contribution in [-0.2, 0) is 6.18 Å². The molecule has 4 nitrogen and oxygen atoms in total. The summed E-state index contributed by atoms with van der Waals surface area (Å²) in [5.74, 6) is -1.65. The molecule has 0 fully saturated rings. The predicted molar refractivity (Wildman–Crippen MR) is 57.7 cm³/mol. The molecule has 1 aromatic carbocycles. The maximum atomic E-state index is 12.5. The fourth-order valence-electron chi connectivity index (χ4n) is 1.46. The van der Waals surface area contributed by atoms with Gasteiger partial charge in [0, 0.05) is 6.42 Å². The van der Waals surface area contributed by atoms with Gasteiger partial charge in [-0.15, -0.1) is 0 Å². The Morgan fingerprint density at radius 1 is 1.44 bits per heavy atom. The van der Waals surface area contributed by atoms with Gasteiger partial charge in [0.25, 0.3) is 0 Å². The summed E-state index contributed by atoms with van der Waals surface area (Å²) < 4.78 is 42.2. The van der Waals surface area contributed by atoms with E-state index in [1.807, 2.05) is 0 Å². The zero-order chi connectivity index (χ0) is 13.9. The number of rotatable bonds is 4. The van der Waals surface area contributed by atoms with Crippen molar-refractivity contribution in [3.8, 4) is 11.5 Å². The van der Waals surface area contributed by atoms with Crippen molar-refractivity contribution in [2.45, 2.75) is 12.6 Å². The second-order valence-corrected chi connectivity index (χ2v) is 3.53. The van der Waals surface area contributed by atoms with E-state index in [-0.39, 0.29) is 24.3 Å². The van der Waals surface area contributed by atoms with Crippen molar-refractivity contribution in [2.24, 2.45) is 5.73 Å². The quantitative estimate of drug-likeness (QED) is 0.814. The molecule has 0 atom stereocenters. The minimum atomic E-state index is -4.62. The summed E-state index contributed by atoms with van der Waals surface area (Å²) in [6, 6.07) is 1.16. The molecule has 0 saturated carbocycles. The van der Waals surface area contributed by atoms with Gasteiger partial charge in [0.2, 0.25) is 0 Å². The van der Waals surface area contributed by atoms with Crippen LogP contribution < -0.4 is 10.5 Å². The first-order valence-electron chi connectivity index (χ1n) is 5.02. The summed E-state index contributed by atoms with van der Waals surface area (Å²) in [5, 5.41) is 9.52. The SMILES string of the molecule is COc1cc(C(F)(F)F)cc(O)c1C(=O)CCN. The van der Waals surface area contributed by atoms with E-state index in [4.69, 9.17) is 10.5 Å². The molecule has 0 radical (unpaired) electrons. The van der Waals surface area contributed by atoms with Crippen molar-refractivity contribution < 1.29 is 27.8 Å². The number of hydrogen-bond donors (Lipinski definition) is 2. The lowest BCUT2D eigenvalue weighted by Crippen LogP contribution is -2.12. The normalized spacial score (nSPS) is 11.4. The van der Waals surface area contributed by atoms with Crippen LogP contribution in [0.1, 0.15) is 22.3 Å².